The third-order valence-corrected chi connectivity index (χ3v) is 5.06. The average Bonchev–Trinajstić information content (AvgIpc) is 2.83. The molecule has 0 radical (unpaired) electrons. The molecule has 1 unspecified atom stereocenters. The van der Waals surface area contributed by atoms with Gasteiger partial charge in [-0.15, -0.1) is 11.3 Å². The lowest BCUT2D eigenvalue weighted by molar-refractivity contribution is 0.195. The second-order valence-corrected chi connectivity index (χ2v) is 7.40. The van der Waals surface area contributed by atoms with Crippen LogP contribution in [0, 0.1) is 5.41 Å². The van der Waals surface area contributed by atoms with Gasteiger partial charge in [-0.05, 0) is 62.0 Å². The van der Waals surface area contributed by atoms with Crippen molar-refractivity contribution < 1.29 is 0 Å². The van der Waals surface area contributed by atoms with E-state index in [4.69, 9.17) is 0 Å². The van der Waals surface area contributed by atoms with Gasteiger partial charge in [0.05, 0.1) is 9.83 Å². The number of nitrogens with zero attached hydrogens (tertiary/aromatic N) is 1. The van der Waals surface area contributed by atoms with Crippen molar-refractivity contribution in [3.05, 3.63) is 20.8 Å². The highest BCUT2D eigenvalue weighted by atomic mass is 79.9. The van der Waals surface area contributed by atoms with E-state index >= 15 is 0 Å². The van der Waals surface area contributed by atoms with Gasteiger partial charge in [-0.3, -0.25) is 0 Å². The predicted molar refractivity (Wildman–Crippen MR) is 74.0 cm³/mol. The number of hydrogen-bond acceptors (Lipinski definition) is 3. The van der Waals surface area contributed by atoms with Crippen molar-refractivity contribution in [2.24, 2.45) is 5.41 Å². The molecule has 0 aromatic carbocycles. The maximum Gasteiger partial charge on any atom is 0.0701 e. The minimum atomic E-state index is 0.461. The van der Waals surface area contributed by atoms with Gasteiger partial charge in [-0.2, -0.15) is 0 Å². The van der Waals surface area contributed by atoms with Crippen LogP contribution in [0.25, 0.3) is 0 Å². The largest absolute Gasteiger partial charge is 0.319 e. The second-order valence-electron chi connectivity index (χ2n) is 4.90. The van der Waals surface area contributed by atoms with E-state index in [1.165, 1.54) is 21.5 Å². The van der Waals surface area contributed by atoms with E-state index in [9.17, 15) is 0 Å². The fourth-order valence-electron chi connectivity index (χ4n) is 2.64. The van der Waals surface area contributed by atoms with E-state index in [0.29, 0.717) is 11.5 Å². The monoisotopic (exact) mass is 302 g/mol. The van der Waals surface area contributed by atoms with Gasteiger partial charge in [0.1, 0.15) is 0 Å². The van der Waals surface area contributed by atoms with Gasteiger partial charge < -0.3 is 10.2 Å². The van der Waals surface area contributed by atoms with Gasteiger partial charge in [0.15, 0.2) is 0 Å². The summed E-state index contributed by atoms with van der Waals surface area (Å²) in [5, 5.41) is 3.35. The summed E-state index contributed by atoms with van der Waals surface area (Å²) in [4.78, 5) is 3.84. The van der Waals surface area contributed by atoms with Crippen molar-refractivity contribution in [3.8, 4) is 0 Å². The molecule has 1 N–H and O–H groups in total. The van der Waals surface area contributed by atoms with E-state index in [1.807, 2.05) is 11.3 Å². The molecule has 1 aliphatic carbocycles. The van der Waals surface area contributed by atoms with Gasteiger partial charge in [0, 0.05) is 16.8 Å². The number of halogens is 1. The highest BCUT2D eigenvalue weighted by molar-refractivity contribution is 9.11. The van der Waals surface area contributed by atoms with Crippen molar-refractivity contribution in [2.75, 3.05) is 27.7 Å². The average molecular weight is 303 g/mol. The lowest BCUT2D eigenvalue weighted by atomic mass is 9.94. The molecule has 0 spiro atoms. The highest BCUT2D eigenvalue weighted by Gasteiger charge is 2.50. The number of rotatable bonds is 5. The highest BCUT2D eigenvalue weighted by Crippen LogP contribution is 2.57. The summed E-state index contributed by atoms with van der Waals surface area (Å²) in [6.07, 6.45) is 2.68. The molecule has 0 bridgehead atoms. The molecule has 16 heavy (non-hydrogen) atoms. The standard InChI is InChI=1S/C12H19BrN2S/c1-14-8-12(6-7-12)11(15(2)3)9-4-5-10(13)16-9/h4-5,11,14H,6-8H2,1-3H3. The molecule has 1 aromatic rings. The van der Waals surface area contributed by atoms with Crippen LogP contribution in [0.1, 0.15) is 23.8 Å². The Morgan fingerprint density at radius 1 is 1.50 bits per heavy atom. The van der Waals surface area contributed by atoms with E-state index in [0.717, 1.165) is 6.54 Å². The zero-order valence-electron chi connectivity index (χ0n) is 10.1. The Bertz CT molecular complexity index is 358. The van der Waals surface area contributed by atoms with Gasteiger partial charge in [0.2, 0.25) is 0 Å². The first-order valence-electron chi connectivity index (χ1n) is 5.65. The molecule has 2 nitrogen and oxygen atoms in total. The van der Waals surface area contributed by atoms with Crippen LogP contribution >= 0.6 is 27.3 Å². The normalized spacial score (nSPS) is 20.1. The molecule has 1 fully saturated rings. The topological polar surface area (TPSA) is 15.3 Å². The number of hydrogen-bond donors (Lipinski definition) is 1. The Kier molecular flexibility index (Phi) is 3.74. The molecule has 1 aromatic heterocycles. The quantitative estimate of drug-likeness (QED) is 0.899. The Hall–Kier alpha value is 0.1000. The van der Waals surface area contributed by atoms with Crippen LogP contribution in [0.15, 0.2) is 15.9 Å². The van der Waals surface area contributed by atoms with Crippen LogP contribution in [0.4, 0.5) is 0 Å². The van der Waals surface area contributed by atoms with E-state index in [2.05, 4.69) is 59.4 Å². The van der Waals surface area contributed by atoms with Crippen molar-refractivity contribution in [3.63, 3.8) is 0 Å². The maximum absolute atomic E-state index is 3.56. The molecule has 1 aliphatic rings. The van der Waals surface area contributed by atoms with Crippen LogP contribution in [0.2, 0.25) is 0 Å². The van der Waals surface area contributed by atoms with Gasteiger partial charge in [-0.25, -0.2) is 0 Å². The summed E-state index contributed by atoms with van der Waals surface area (Å²) >= 11 is 5.42. The van der Waals surface area contributed by atoms with Crippen LogP contribution in [-0.2, 0) is 0 Å². The number of nitrogens with one attached hydrogen (secondary N) is 1. The fraction of sp³-hybridized carbons (Fsp3) is 0.667. The molecule has 1 heterocycles. The molecular formula is C12H19BrN2S. The summed E-state index contributed by atoms with van der Waals surface area (Å²) in [6.45, 7) is 1.12. The zero-order chi connectivity index (χ0) is 11.8. The van der Waals surface area contributed by atoms with Crippen molar-refractivity contribution in [1.82, 2.24) is 10.2 Å². The third-order valence-electron chi connectivity index (χ3n) is 3.38. The van der Waals surface area contributed by atoms with Crippen molar-refractivity contribution in [2.45, 2.75) is 18.9 Å². The number of thiophene rings is 1. The van der Waals surface area contributed by atoms with E-state index < -0.39 is 0 Å². The lowest BCUT2D eigenvalue weighted by Crippen LogP contribution is -2.34. The Morgan fingerprint density at radius 2 is 2.19 bits per heavy atom. The summed E-state index contributed by atoms with van der Waals surface area (Å²) in [7, 11) is 6.43. The zero-order valence-corrected chi connectivity index (χ0v) is 12.5. The van der Waals surface area contributed by atoms with Crippen molar-refractivity contribution in [1.29, 1.82) is 0 Å². The molecular weight excluding hydrogens is 284 g/mol. The molecule has 90 valence electrons. The van der Waals surface area contributed by atoms with E-state index in [1.54, 1.807) is 0 Å². The predicted octanol–water partition coefficient (Wildman–Crippen LogP) is 3.11. The molecule has 0 amide bonds. The first-order chi connectivity index (χ1) is 7.59. The van der Waals surface area contributed by atoms with Crippen molar-refractivity contribution >= 4 is 27.3 Å². The molecule has 4 heteroatoms. The Balaban J connectivity index is 2.24. The summed E-state index contributed by atoms with van der Waals surface area (Å²) in [5.74, 6) is 0. The maximum atomic E-state index is 3.56. The molecule has 2 rings (SSSR count). The summed E-state index contributed by atoms with van der Waals surface area (Å²) < 4.78 is 1.23. The third kappa shape index (κ3) is 2.35. The smallest absolute Gasteiger partial charge is 0.0701 e. The van der Waals surface area contributed by atoms with Crippen LogP contribution in [0.5, 0.6) is 0 Å². The molecule has 0 saturated heterocycles. The van der Waals surface area contributed by atoms with Crippen LogP contribution in [-0.4, -0.2) is 32.6 Å². The van der Waals surface area contributed by atoms with Crippen LogP contribution in [0.3, 0.4) is 0 Å². The fourth-order valence-corrected chi connectivity index (χ4v) is 4.40. The minimum Gasteiger partial charge on any atom is -0.319 e. The molecule has 0 aliphatic heterocycles. The van der Waals surface area contributed by atoms with Gasteiger partial charge >= 0.3 is 0 Å². The summed E-state index contributed by atoms with van der Waals surface area (Å²) in [6, 6.07) is 4.97. The molecule has 1 saturated carbocycles. The Morgan fingerprint density at radius 3 is 2.56 bits per heavy atom. The summed E-state index contributed by atoms with van der Waals surface area (Å²) in [5.41, 5.74) is 0.461. The first kappa shape index (κ1) is 12.6. The SMILES string of the molecule is CNCC1(C(c2ccc(Br)s2)N(C)C)CC1. The Labute approximate surface area is 110 Å². The van der Waals surface area contributed by atoms with E-state index in [-0.39, 0.29) is 0 Å². The lowest BCUT2D eigenvalue weighted by Gasteiger charge is -2.32. The van der Waals surface area contributed by atoms with Gasteiger partial charge in [-0.1, -0.05) is 0 Å². The first-order valence-corrected chi connectivity index (χ1v) is 7.26. The molecule has 1 atom stereocenters. The minimum absolute atomic E-state index is 0.461. The second kappa shape index (κ2) is 4.77. The van der Waals surface area contributed by atoms with Gasteiger partial charge in [0.25, 0.3) is 0 Å². The van der Waals surface area contributed by atoms with Crippen LogP contribution < -0.4 is 5.32 Å².